The van der Waals surface area contributed by atoms with Crippen LogP contribution in [0, 0.1) is 5.92 Å². The predicted octanol–water partition coefficient (Wildman–Crippen LogP) is 4.38. The number of nitrogens with zero attached hydrogens (tertiary/aromatic N) is 1. The predicted molar refractivity (Wildman–Crippen MR) is 109 cm³/mol. The van der Waals surface area contributed by atoms with Crippen LogP contribution < -0.4 is 9.64 Å². The summed E-state index contributed by atoms with van der Waals surface area (Å²) in [5.74, 6) is -1.13. The molecule has 0 fully saturated rings. The van der Waals surface area contributed by atoms with E-state index in [1.54, 1.807) is 27.0 Å². The first-order valence-corrected chi connectivity index (χ1v) is 9.43. The third-order valence-corrected chi connectivity index (χ3v) is 5.05. The number of methoxy groups -OCH3 is 1. The number of aliphatic hydroxyl groups is 1. The van der Waals surface area contributed by atoms with Gasteiger partial charge in [0.25, 0.3) is 5.91 Å². The van der Waals surface area contributed by atoms with E-state index in [4.69, 9.17) is 4.74 Å². The van der Waals surface area contributed by atoms with Gasteiger partial charge in [-0.15, -0.1) is 0 Å². The van der Waals surface area contributed by atoms with Crippen molar-refractivity contribution in [1.82, 2.24) is 0 Å². The molecular weight excluding hydrogens is 354 g/mol. The maximum Gasteiger partial charge on any atom is 0.294 e. The minimum Gasteiger partial charge on any atom is -0.503 e. The van der Waals surface area contributed by atoms with Crippen molar-refractivity contribution in [3.8, 4) is 5.75 Å². The molecule has 28 heavy (non-hydrogen) atoms. The Morgan fingerprint density at radius 1 is 1.14 bits per heavy atom. The number of aliphatic hydroxyl groups excluding tert-OH is 1. The maximum atomic E-state index is 13.0. The second-order valence-corrected chi connectivity index (χ2v) is 7.12. The molecule has 146 valence electrons. The van der Waals surface area contributed by atoms with Crippen LogP contribution >= 0.6 is 0 Å². The Morgan fingerprint density at radius 2 is 1.79 bits per heavy atom. The molecule has 1 atom stereocenters. The van der Waals surface area contributed by atoms with Crippen molar-refractivity contribution < 1.29 is 19.4 Å². The van der Waals surface area contributed by atoms with E-state index in [2.05, 4.69) is 6.92 Å². The van der Waals surface area contributed by atoms with Crippen LogP contribution in [0.15, 0.2) is 59.9 Å². The summed E-state index contributed by atoms with van der Waals surface area (Å²) in [5, 5.41) is 10.6. The number of hydrogen-bond acceptors (Lipinski definition) is 4. The van der Waals surface area contributed by atoms with Crippen molar-refractivity contribution in [2.45, 2.75) is 33.2 Å². The zero-order chi connectivity index (χ0) is 20.4. The second kappa shape index (κ2) is 7.89. The summed E-state index contributed by atoms with van der Waals surface area (Å²) >= 11 is 0. The van der Waals surface area contributed by atoms with E-state index in [0.29, 0.717) is 17.0 Å². The fourth-order valence-corrected chi connectivity index (χ4v) is 3.51. The van der Waals surface area contributed by atoms with Crippen molar-refractivity contribution in [1.29, 1.82) is 0 Å². The number of Topliss-reactive ketones (excluding diaryl/α,β-unsaturated/α-hetero) is 1. The second-order valence-electron chi connectivity index (χ2n) is 7.12. The molecule has 0 saturated carbocycles. The van der Waals surface area contributed by atoms with Crippen molar-refractivity contribution in [2.24, 2.45) is 5.92 Å². The molecule has 1 N–H and O–H groups in total. The van der Waals surface area contributed by atoms with Gasteiger partial charge in [-0.05, 0) is 30.2 Å². The number of para-hydroxylation sites is 1. The average molecular weight is 379 g/mol. The monoisotopic (exact) mass is 379 g/mol. The average Bonchev–Trinajstić information content (AvgIpc) is 2.98. The standard InChI is InChI=1S/C23H25NO4/c1-5-15-10-12-16(13-11-15)24-20(17-8-6-7-9-18(17)28-4)19(21(25)14(2)3)22(26)23(24)27/h6-14,20,26H,5H2,1-4H3. The van der Waals surface area contributed by atoms with E-state index in [1.165, 1.54) is 4.90 Å². The SMILES string of the molecule is CCc1ccc(N2C(=O)C(O)=C(C(=O)C(C)C)C2c2ccccc2OC)cc1. The summed E-state index contributed by atoms with van der Waals surface area (Å²) in [6.45, 7) is 5.57. The molecule has 0 radical (unpaired) electrons. The molecule has 1 aliphatic rings. The minimum absolute atomic E-state index is 0.115. The fourth-order valence-electron chi connectivity index (χ4n) is 3.51. The highest BCUT2D eigenvalue weighted by Gasteiger charge is 2.45. The van der Waals surface area contributed by atoms with Crippen molar-refractivity contribution in [3.63, 3.8) is 0 Å². The highest BCUT2D eigenvalue weighted by Crippen LogP contribution is 2.44. The molecule has 0 aliphatic carbocycles. The normalized spacial score (nSPS) is 16.8. The quantitative estimate of drug-likeness (QED) is 0.809. The van der Waals surface area contributed by atoms with Crippen LogP contribution in [-0.4, -0.2) is 23.9 Å². The number of anilines is 1. The number of amides is 1. The lowest BCUT2D eigenvalue weighted by atomic mass is 9.90. The van der Waals surface area contributed by atoms with Gasteiger partial charge in [-0.1, -0.05) is 51.1 Å². The number of ether oxygens (including phenoxy) is 1. The third-order valence-electron chi connectivity index (χ3n) is 5.05. The zero-order valence-corrected chi connectivity index (χ0v) is 16.6. The van der Waals surface area contributed by atoms with Gasteiger partial charge in [-0.25, -0.2) is 0 Å². The van der Waals surface area contributed by atoms with Crippen molar-refractivity contribution in [3.05, 3.63) is 71.0 Å². The summed E-state index contributed by atoms with van der Waals surface area (Å²) in [4.78, 5) is 27.4. The van der Waals surface area contributed by atoms with E-state index in [1.807, 2.05) is 42.5 Å². The number of ketones is 1. The molecule has 0 bridgehead atoms. The maximum absolute atomic E-state index is 13.0. The largest absolute Gasteiger partial charge is 0.503 e. The molecule has 1 unspecified atom stereocenters. The summed E-state index contributed by atoms with van der Waals surface area (Å²) < 4.78 is 5.48. The molecule has 1 heterocycles. The Balaban J connectivity index is 2.20. The molecule has 5 nitrogen and oxygen atoms in total. The number of aryl methyl sites for hydroxylation is 1. The number of carbonyl (C=O) groups excluding carboxylic acids is 2. The molecule has 1 aliphatic heterocycles. The zero-order valence-electron chi connectivity index (χ0n) is 16.6. The molecule has 2 aromatic rings. The van der Waals surface area contributed by atoms with E-state index in [-0.39, 0.29) is 17.3 Å². The summed E-state index contributed by atoms with van der Waals surface area (Å²) in [5.41, 5.74) is 2.53. The summed E-state index contributed by atoms with van der Waals surface area (Å²) in [6, 6.07) is 14.1. The number of carbonyl (C=O) groups is 2. The van der Waals surface area contributed by atoms with Crippen LogP contribution in [0.1, 0.15) is 37.9 Å². The molecule has 0 spiro atoms. The van der Waals surface area contributed by atoms with E-state index in [9.17, 15) is 14.7 Å². The Kier molecular flexibility index (Phi) is 5.54. The Hall–Kier alpha value is -3.08. The summed E-state index contributed by atoms with van der Waals surface area (Å²) in [6.07, 6.45) is 0.880. The van der Waals surface area contributed by atoms with Gasteiger partial charge >= 0.3 is 0 Å². The highest BCUT2D eigenvalue weighted by atomic mass is 16.5. The van der Waals surface area contributed by atoms with Gasteiger partial charge in [0.15, 0.2) is 11.5 Å². The molecule has 2 aromatic carbocycles. The van der Waals surface area contributed by atoms with Gasteiger partial charge in [-0.2, -0.15) is 0 Å². The summed E-state index contributed by atoms with van der Waals surface area (Å²) in [7, 11) is 1.55. The van der Waals surface area contributed by atoms with Crippen LogP contribution in [0.5, 0.6) is 5.75 Å². The lowest BCUT2D eigenvalue weighted by molar-refractivity contribution is -0.119. The van der Waals surface area contributed by atoms with E-state index < -0.39 is 17.7 Å². The Bertz CT molecular complexity index is 928. The molecule has 0 saturated heterocycles. The van der Waals surface area contributed by atoms with Crippen LogP contribution in [0.3, 0.4) is 0 Å². The van der Waals surface area contributed by atoms with Crippen molar-refractivity contribution >= 4 is 17.4 Å². The fraction of sp³-hybridized carbons (Fsp3) is 0.304. The van der Waals surface area contributed by atoms with Gasteiger partial charge in [0, 0.05) is 17.2 Å². The number of hydrogen-bond donors (Lipinski definition) is 1. The van der Waals surface area contributed by atoms with Crippen LogP contribution in [0.25, 0.3) is 0 Å². The minimum atomic E-state index is -0.744. The third kappa shape index (κ3) is 3.28. The first kappa shape index (κ1) is 19.7. The lowest BCUT2D eigenvalue weighted by Crippen LogP contribution is -2.31. The van der Waals surface area contributed by atoms with E-state index in [0.717, 1.165) is 12.0 Å². The molecule has 5 heteroatoms. The first-order chi connectivity index (χ1) is 13.4. The van der Waals surface area contributed by atoms with Crippen LogP contribution in [0.2, 0.25) is 0 Å². The Labute approximate surface area is 165 Å². The topological polar surface area (TPSA) is 66.8 Å². The smallest absolute Gasteiger partial charge is 0.294 e. The first-order valence-electron chi connectivity index (χ1n) is 9.43. The van der Waals surface area contributed by atoms with Gasteiger partial charge in [0.2, 0.25) is 0 Å². The van der Waals surface area contributed by atoms with Gasteiger partial charge in [0.05, 0.1) is 18.7 Å². The molecule has 0 aromatic heterocycles. The van der Waals surface area contributed by atoms with Crippen LogP contribution in [-0.2, 0) is 16.0 Å². The van der Waals surface area contributed by atoms with Gasteiger partial charge < -0.3 is 9.84 Å². The molecule has 3 rings (SSSR count). The van der Waals surface area contributed by atoms with Crippen LogP contribution in [0.4, 0.5) is 5.69 Å². The molecular formula is C23H25NO4. The van der Waals surface area contributed by atoms with E-state index >= 15 is 0 Å². The lowest BCUT2D eigenvalue weighted by Gasteiger charge is -2.28. The van der Waals surface area contributed by atoms with Crippen molar-refractivity contribution in [2.75, 3.05) is 12.0 Å². The molecule has 1 amide bonds. The van der Waals surface area contributed by atoms with Gasteiger partial charge in [0.1, 0.15) is 5.75 Å². The Morgan fingerprint density at radius 3 is 2.36 bits per heavy atom. The highest BCUT2D eigenvalue weighted by molar-refractivity contribution is 6.17. The van der Waals surface area contributed by atoms with Gasteiger partial charge in [-0.3, -0.25) is 14.5 Å². The number of benzene rings is 2. The number of rotatable bonds is 6.